The molecule has 3 rings (SSSR count). The fraction of sp³-hybridized carbons (Fsp3) is 0.273. The zero-order valence-corrected chi connectivity index (χ0v) is 16.7. The number of fused-ring (bicyclic) bond motifs is 1. The summed E-state index contributed by atoms with van der Waals surface area (Å²) in [6.45, 7) is 3.27. The van der Waals surface area contributed by atoms with Crippen LogP contribution >= 0.6 is 0 Å². The van der Waals surface area contributed by atoms with E-state index in [0.29, 0.717) is 29.2 Å². The fourth-order valence-electron chi connectivity index (χ4n) is 3.02. The zero-order chi connectivity index (χ0) is 21.7. The summed E-state index contributed by atoms with van der Waals surface area (Å²) < 4.78 is 10.4. The summed E-state index contributed by atoms with van der Waals surface area (Å²) in [6, 6.07) is 13.5. The summed E-state index contributed by atoms with van der Waals surface area (Å²) in [5, 5.41) is 2.63. The van der Waals surface area contributed by atoms with Crippen molar-refractivity contribution < 1.29 is 28.7 Å². The molecule has 156 valence electrons. The van der Waals surface area contributed by atoms with Gasteiger partial charge in [0.05, 0.1) is 13.0 Å². The van der Waals surface area contributed by atoms with Crippen LogP contribution in [0.3, 0.4) is 0 Å². The SMILES string of the molecule is CCOc1ccc(NC(=O)[C@H](C)OC(=O)CN2C(=O)Cc3ccccc3C2=O)cc1. The first-order chi connectivity index (χ1) is 14.4. The van der Waals surface area contributed by atoms with Gasteiger partial charge in [0.25, 0.3) is 11.8 Å². The lowest BCUT2D eigenvalue weighted by Gasteiger charge is -2.26. The molecule has 1 aliphatic rings. The van der Waals surface area contributed by atoms with Crippen molar-refractivity contribution in [2.75, 3.05) is 18.5 Å². The monoisotopic (exact) mass is 410 g/mol. The molecule has 0 fully saturated rings. The Morgan fingerprint density at radius 3 is 2.50 bits per heavy atom. The molecule has 8 nitrogen and oxygen atoms in total. The highest BCUT2D eigenvalue weighted by molar-refractivity contribution is 6.11. The number of ether oxygens (including phenoxy) is 2. The van der Waals surface area contributed by atoms with Gasteiger partial charge >= 0.3 is 5.97 Å². The van der Waals surface area contributed by atoms with Crippen LogP contribution in [0.4, 0.5) is 5.69 Å². The Balaban J connectivity index is 1.55. The van der Waals surface area contributed by atoms with E-state index in [4.69, 9.17) is 9.47 Å². The molecule has 1 heterocycles. The second kappa shape index (κ2) is 9.21. The Labute approximate surface area is 173 Å². The molecule has 8 heteroatoms. The number of amides is 3. The number of benzene rings is 2. The number of nitrogens with zero attached hydrogens (tertiary/aromatic N) is 1. The van der Waals surface area contributed by atoms with Crippen molar-refractivity contribution in [2.45, 2.75) is 26.4 Å². The second-order valence-electron chi connectivity index (χ2n) is 6.70. The topological polar surface area (TPSA) is 102 Å². The second-order valence-corrected chi connectivity index (χ2v) is 6.70. The normalized spacial score (nSPS) is 14.0. The Hall–Kier alpha value is -3.68. The van der Waals surface area contributed by atoms with E-state index in [9.17, 15) is 19.2 Å². The lowest BCUT2D eigenvalue weighted by atomic mass is 9.98. The molecule has 30 heavy (non-hydrogen) atoms. The molecular weight excluding hydrogens is 388 g/mol. The molecule has 1 atom stereocenters. The molecule has 0 aliphatic carbocycles. The molecule has 2 aromatic carbocycles. The van der Waals surface area contributed by atoms with Gasteiger partial charge in [0, 0.05) is 11.3 Å². The molecule has 0 saturated heterocycles. The van der Waals surface area contributed by atoms with Crippen molar-refractivity contribution in [1.29, 1.82) is 0 Å². The van der Waals surface area contributed by atoms with Gasteiger partial charge in [-0.2, -0.15) is 0 Å². The van der Waals surface area contributed by atoms with E-state index in [2.05, 4.69) is 5.32 Å². The maximum Gasteiger partial charge on any atom is 0.326 e. The first kappa shape index (κ1) is 21.0. The molecule has 0 aromatic heterocycles. The third-order valence-corrected chi connectivity index (χ3v) is 4.53. The summed E-state index contributed by atoms with van der Waals surface area (Å²) in [5.41, 5.74) is 1.52. The molecule has 1 N–H and O–H groups in total. The molecule has 1 aliphatic heterocycles. The summed E-state index contributed by atoms with van der Waals surface area (Å²) in [6.07, 6.45) is -1.07. The van der Waals surface area contributed by atoms with E-state index in [1.165, 1.54) is 6.92 Å². The lowest BCUT2D eigenvalue weighted by molar-refractivity contribution is -0.155. The van der Waals surface area contributed by atoms with Gasteiger partial charge in [0.15, 0.2) is 6.10 Å². The number of carbonyl (C=O) groups excluding carboxylic acids is 4. The van der Waals surface area contributed by atoms with Crippen LogP contribution in [0.25, 0.3) is 0 Å². The highest BCUT2D eigenvalue weighted by atomic mass is 16.5. The van der Waals surface area contributed by atoms with Gasteiger partial charge in [-0.15, -0.1) is 0 Å². The molecular formula is C22H22N2O6. The minimum absolute atomic E-state index is 0.0307. The minimum atomic E-state index is -1.11. The predicted octanol–water partition coefficient (Wildman–Crippen LogP) is 2.18. The van der Waals surface area contributed by atoms with Crippen molar-refractivity contribution in [3.05, 3.63) is 59.7 Å². The van der Waals surface area contributed by atoms with Crippen molar-refractivity contribution >= 4 is 29.4 Å². The Kier molecular flexibility index (Phi) is 6.46. The number of carbonyl (C=O) groups is 4. The van der Waals surface area contributed by atoms with Crippen molar-refractivity contribution in [2.24, 2.45) is 0 Å². The smallest absolute Gasteiger partial charge is 0.326 e. The van der Waals surface area contributed by atoms with Crippen LogP contribution in [-0.4, -0.2) is 47.8 Å². The molecule has 0 bridgehead atoms. The highest BCUT2D eigenvalue weighted by Gasteiger charge is 2.33. The number of hydrogen-bond donors (Lipinski definition) is 1. The first-order valence-electron chi connectivity index (χ1n) is 9.55. The van der Waals surface area contributed by atoms with E-state index < -0.39 is 36.3 Å². The standard InChI is InChI=1S/C22H22N2O6/c1-3-29-17-10-8-16(9-11-17)23-21(27)14(2)30-20(26)13-24-19(25)12-15-6-4-5-7-18(15)22(24)28/h4-11,14H,3,12-13H2,1-2H3,(H,23,27)/t14-/m0/s1. The third kappa shape index (κ3) is 4.83. The quantitative estimate of drug-likeness (QED) is 0.555. The number of anilines is 1. The van der Waals surface area contributed by atoms with Gasteiger partial charge in [0.1, 0.15) is 12.3 Å². The zero-order valence-electron chi connectivity index (χ0n) is 16.7. The van der Waals surface area contributed by atoms with Gasteiger partial charge < -0.3 is 14.8 Å². The van der Waals surface area contributed by atoms with E-state index in [1.807, 2.05) is 6.92 Å². The van der Waals surface area contributed by atoms with Crippen LogP contribution < -0.4 is 10.1 Å². The van der Waals surface area contributed by atoms with Gasteiger partial charge in [-0.05, 0) is 49.7 Å². The van der Waals surface area contributed by atoms with Crippen LogP contribution in [0, 0.1) is 0 Å². The van der Waals surface area contributed by atoms with Crippen LogP contribution in [0.2, 0.25) is 0 Å². The summed E-state index contributed by atoms with van der Waals surface area (Å²) >= 11 is 0. The van der Waals surface area contributed by atoms with E-state index >= 15 is 0 Å². The molecule has 0 unspecified atom stereocenters. The third-order valence-electron chi connectivity index (χ3n) is 4.53. The molecule has 3 amide bonds. The Bertz CT molecular complexity index is 970. The number of hydrogen-bond acceptors (Lipinski definition) is 6. The molecule has 0 spiro atoms. The van der Waals surface area contributed by atoms with Crippen LogP contribution in [0.1, 0.15) is 29.8 Å². The van der Waals surface area contributed by atoms with E-state index in [1.54, 1.807) is 48.5 Å². The maximum atomic E-state index is 12.5. The highest BCUT2D eigenvalue weighted by Crippen LogP contribution is 2.20. The largest absolute Gasteiger partial charge is 0.494 e. The summed E-state index contributed by atoms with van der Waals surface area (Å²) in [5.74, 6) is -1.74. The number of esters is 1. The first-order valence-corrected chi connectivity index (χ1v) is 9.55. The number of rotatable bonds is 7. The van der Waals surface area contributed by atoms with Gasteiger partial charge in [-0.3, -0.25) is 24.1 Å². The van der Waals surface area contributed by atoms with Crippen molar-refractivity contribution in [1.82, 2.24) is 4.90 Å². The van der Waals surface area contributed by atoms with Gasteiger partial charge in [0.2, 0.25) is 5.91 Å². The number of imide groups is 1. The lowest BCUT2D eigenvalue weighted by Crippen LogP contribution is -2.46. The maximum absolute atomic E-state index is 12.5. The average molecular weight is 410 g/mol. The van der Waals surface area contributed by atoms with E-state index in [-0.39, 0.29) is 6.42 Å². The van der Waals surface area contributed by atoms with Crippen molar-refractivity contribution in [3.8, 4) is 5.75 Å². The average Bonchev–Trinajstić information content (AvgIpc) is 2.72. The Morgan fingerprint density at radius 1 is 1.10 bits per heavy atom. The summed E-state index contributed by atoms with van der Waals surface area (Å²) in [4.78, 5) is 50.1. The molecule has 0 radical (unpaired) electrons. The fourth-order valence-corrected chi connectivity index (χ4v) is 3.02. The van der Waals surface area contributed by atoms with Crippen LogP contribution in [0.5, 0.6) is 5.75 Å². The van der Waals surface area contributed by atoms with Gasteiger partial charge in [-0.1, -0.05) is 18.2 Å². The van der Waals surface area contributed by atoms with Crippen molar-refractivity contribution in [3.63, 3.8) is 0 Å². The predicted molar refractivity (Wildman–Crippen MR) is 108 cm³/mol. The van der Waals surface area contributed by atoms with E-state index in [0.717, 1.165) is 4.90 Å². The summed E-state index contributed by atoms with van der Waals surface area (Å²) in [7, 11) is 0. The van der Waals surface area contributed by atoms with Crippen LogP contribution in [-0.2, 0) is 25.5 Å². The minimum Gasteiger partial charge on any atom is -0.494 e. The van der Waals surface area contributed by atoms with Crippen LogP contribution in [0.15, 0.2) is 48.5 Å². The molecule has 0 saturated carbocycles. The van der Waals surface area contributed by atoms with Gasteiger partial charge in [-0.25, -0.2) is 0 Å². The molecule has 2 aromatic rings. The number of nitrogens with one attached hydrogen (secondary N) is 1. The Morgan fingerprint density at radius 2 is 1.80 bits per heavy atom.